The molecule has 0 radical (unpaired) electrons. The van der Waals surface area contributed by atoms with Crippen LogP contribution in [0.1, 0.15) is 20.3 Å². The number of para-hydroxylation sites is 4. The predicted octanol–water partition coefficient (Wildman–Crippen LogP) is 16.4. The summed E-state index contributed by atoms with van der Waals surface area (Å²) in [6, 6.07) is 69.7. The second-order valence-electron chi connectivity index (χ2n) is 16.0. The molecule has 0 unspecified atom stereocenters. The molecular formula is C57H40N2O2. The Balaban J connectivity index is 0.00000129. The van der Waals surface area contributed by atoms with Gasteiger partial charge in [0, 0.05) is 54.5 Å². The number of rotatable bonds is 4. The molecule has 13 aromatic rings. The molecule has 9 aromatic carbocycles. The minimum Gasteiger partial charge on any atom is -0.456 e. The first-order valence-electron chi connectivity index (χ1n) is 21.2. The van der Waals surface area contributed by atoms with Gasteiger partial charge in [0.25, 0.3) is 0 Å². The van der Waals surface area contributed by atoms with E-state index in [0.29, 0.717) is 0 Å². The van der Waals surface area contributed by atoms with Gasteiger partial charge in [0.1, 0.15) is 22.3 Å². The molecule has 4 aromatic heterocycles. The molecule has 0 fully saturated rings. The van der Waals surface area contributed by atoms with Gasteiger partial charge >= 0.3 is 0 Å². The van der Waals surface area contributed by atoms with Crippen LogP contribution >= 0.6 is 0 Å². The van der Waals surface area contributed by atoms with E-state index in [1.807, 2.05) is 18.2 Å². The zero-order chi connectivity index (χ0) is 40.6. The number of nitrogens with zero attached hydrogens (tertiary/aromatic N) is 2. The van der Waals surface area contributed by atoms with Crippen molar-refractivity contribution in [3.05, 3.63) is 194 Å². The normalized spacial score (nSPS) is 11.8. The van der Waals surface area contributed by atoms with E-state index in [2.05, 4.69) is 199 Å². The van der Waals surface area contributed by atoms with Crippen LogP contribution in [-0.4, -0.2) is 9.13 Å². The number of fused-ring (bicyclic) bond motifs is 12. The minimum atomic E-state index is 0.868. The molecule has 4 heterocycles. The Labute approximate surface area is 352 Å². The third kappa shape index (κ3) is 5.53. The lowest BCUT2D eigenvalue weighted by Crippen LogP contribution is -1.94. The van der Waals surface area contributed by atoms with E-state index in [-0.39, 0.29) is 0 Å². The first kappa shape index (κ1) is 35.2. The van der Waals surface area contributed by atoms with Crippen LogP contribution in [0.2, 0.25) is 0 Å². The number of aromatic nitrogens is 2. The summed E-state index contributed by atoms with van der Waals surface area (Å²) < 4.78 is 17.4. The monoisotopic (exact) mass is 784 g/mol. The van der Waals surface area contributed by atoms with Crippen molar-refractivity contribution in [2.45, 2.75) is 20.3 Å². The van der Waals surface area contributed by atoms with Gasteiger partial charge in [-0.15, -0.1) is 0 Å². The van der Waals surface area contributed by atoms with Crippen LogP contribution in [0.3, 0.4) is 0 Å². The standard InChI is InChI=1S/C54H32N2O2.C3H8/c1-2-10-37(11-3-1)55-47-15-7-4-12-39(47)42-28-35(20-25-49(42)55)36-21-26-50-43(29-36)40-13-5-8-16-48(40)56(50)38-23-18-33(19-24-38)34-22-27-52-44(30-34)46-32-53-45(31-54(46)58-52)41-14-6-9-17-51(41)57-53;1-3-2/h1-32H;3H2,1-2H3. The van der Waals surface area contributed by atoms with Gasteiger partial charge in [-0.25, -0.2) is 0 Å². The van der Waals surface area contributed by atoms with E-state index in [0.717, 1.165) is 60.7 Å². The number of furan rings is 2. The molecule has 0 aliphatic carbocycles. The highest BCUT2D eigenvalue weighted by Crippen LogP contribution is 2.40. The van der Waals surface area contributed by atoms with Crippen LogP contribution in [0.4, 0.5) is 0 Å². The van der Waals surface area contributed by atoms with E-state index in [1.165, 1.54) is 66.8 Å². The van der Waals surface area contributed by atoms with Crippen molar-refractivity contribution >= 4 is 87.5 Å². The van der Waals surface area contributed by atoms with E-state index in [1.54, 1.807) is 0 Å². The van der Waals surface area contributed by atoms with Crippen molar-refractivity contribution in [1.82, 2.24) is 9.13 Å². The lowest BCUT2D eigenvalue weighted by Gasteiger charge is -2.10. The van der Waals surface area contributed by atoms with Gasteiger partial charge in [-0.2, -0.15) is 0 Å². The smallest absolute Gasteiger partial charge is 0.136 e. The molecule has 0 spiro atoms. The van der Waals surface area contributed by atoms with E-state index in [4.69, 9.17) is 8.83 Å². The van der Waals surface area contributed by atoms with Gasteiger partial charge in [-0.3, -0.25) is 0 Å². The number of benzene rings is 9. The Kier molecular flexibility index (Phi) is 8.01. The molecular weight excluding hydrogens is 745 g/mol. The van der Waals surface area contributed by atoms with Gasteiger partial charge in [0.05, 0.1) is 22.1 Å². The maximum absolute atomic E-state index is 6.36. The van der Waals surface area contributed by atoms with Crippen LogP contribution in [0.5, 0.6) is 0 Å². The third-order valence-electron chi connectivity index (χ3n) is 12.1. The highest BCUT2D eigenvalue weighted by molar-refractivity contribution is 6.16. The molecule has 4 heteroatoms. The largest absolute Gasteiger partial charge is 0.456 e. The summed E-state index contributed by atoms with van der Waals surface area (Å²) in [7, 11) is 0. The van der Waals surface area contributed by atoms with Crippen molar-refractivity contribution in [2.75, 3.05) is 0 Å². The van der Waals surface area contributed by atoms with Crippen LogP contribution < -0.4 is 0 Å². The van der Waals surface area contributed by atoms with E-state index in [9.17, 15) is 0 Å². The minimum absolute atomic E-state index is 0.868. The average Bonchev–Trinajstić information content (AvgIpc) is 4.05. The summed E-state index contributed by atoms with van der Waals surface area (Å²) in [5.41, 5.74) is 15.3. The summed E-state index contributed by atoms with van der Waals surface area (Å²) in [4.78, 5) is 0. The lowest BCUT2D eigenvalue weighted by atomic mass is 10.0. The second kappa shape index (κ2) is 13.9. The highest BCUT2D eigenvalue weighted by atomic mass is 16.3. The summed E-state index contributed by atoms with van der Waals surface area (Å²) in [5.74, 6) is 0. The topological polar surface area (TPSA) is 36.1 Å². The lowest BCUT2D eigenvalue weighted by molar-refractivity contribution is 0.664. The molecule has 0 atom stereocenters. The van der Waals surface area contributed by atoms with Crippen molar-refractivity contribution in [3.8, 4) is 33.6 Å². The van der Waals surface area contributed by atoms with E-state index >= 15 is 0 Å². The van der Waals surface area contributed by atoms with Gasteiger partial charge in [-0.05, 0) is 113 Å². The average molecular weight is 785 g/mol. The molecule has 0 aliphatic heterocycles. The Morgan fingerprint density at radius 3 is 1.30 bits per heavy atom. The fourth-order valence-electron chi connectivity index (χ4n) is 9.42. The van der Waals surface area contributed by atoms with Gasteiger partial charge < -0.3 is 18.0 Å². The Hall–Kier alpha value is -7.82. The van der Waals surface area contributed by atoms with Crippen LogP contribution in [0.25, 0.3) is 121 Å². The Morgan fingerprint density at radius 2 is 0.689 bits per heavy atom. The van der Waals surface area contributed by atoms with Crippen LogP contribution in [-0.2, 0) is 0 Å². The molecule has 0 saturated carbocycles. The molecule has 4 nitrogen and oxygen atoms in total. The molecule has 0 amide bonds. The molecule has 61 heavy (non-hydrogen) atoms. The maximum atomic E-state index is 6.36. The fraction of sp³-hybridized carbons (Fsp3) is 0.0526. The number of hydrogen-bond donors (Lipinski definition) is 0. The zero-order valence-electron chi connectivity index (χ0n) is 33.9. The quantitative estimate of drug-likeness (QED) is 0.178. The van der Waals surface area contributed by atoms with Crippen molar-refractivity contribution in [1.29, 1.82) is 0 Å². The SMILES string of the molecule is CCC.c1ccc(-n2c3ccccc3c3cc(-c4ccc5c(c4)c4ccccc4n5-c4ccc(-c5ccc6oc7cc8c(cc7c6c5)oc5ccccc58)cc4)ccc32)cc1. The molecule has 290 valence electrons. The molecule has 0 saturated heterocycles. The van der Waals surface area contributed by atoms with Crippen LogP contribution in [0.15, 0.2) is 203 Å². The summed E-state index contributed by atoms with van der Waals surface area (Å²) in [5, 5.41) is 9.30. The van der Waals surface area contributed by atoms with Crippen LogP contribution in [0, 0.1) is 0 Å². The summed E-state index contributed by atoms with van der Waals surface area (Å²) in [6.45, 7) is 4.25. The van der Waals surface area contributed by atoms with Gasteiger partial charge in [0.2, 0.25) is 0 Å². The number of hydrogen-bond acceptors (Lipinski definition) is 2. The van der Waals surface area contributed by atoms with Crippen molar-refractivity contribution in [2.24, 2.45) is 0 Å². The Bertz CT molecular complexity index is 3800. The van der Waals surface area contributed by atoms with E-state index < -0.39 is 0 Å². The molecule has 0 N–H and O–H groups in total. The van der Waals surface area contributed by atoms with Gasteiger partial charge in [0.15, 0.2) is 0 Å². The summed E-state index contributed by atoms with van der Waals surface area (Å²) >= 11 is 0. The highest BCUT2D eigenvalue weighted by Gasteiger charge is 2.17. The first-order valence-corrected chi connectivity index (χ1v) is 21.2. The van der Waals surface area contributed by atoms with Gasteiger partial charge in [-0.1, -0.05) is 123 Å². The van der Waals surface area contributed by atoms with Crippen molar-refractivity contribution in [3.63, 3.8) is 0 Å². The molecule has 13 rings (SSSR count). The fourth-order valence-corrected chi connectivity index (χ4v) is 9.42. The van der Waals surface area contributed by atoms with Crippen molar-refractivity contribution < 1.29 is 8.83 Å². The second-order valence-corrected chi connectivity index (χ2v) is 16.0. The summed E-state index contributed by atoms with van der Waals surface area (Å²) in [6.07, 6.45) is 1.25. The maximum Gasteiger partial charge on any atom is 0.136 e. The predicted molar refractivity (Wildman–Crippen MR) is 257 cm³/mol. The third-order valence-corrected chi connectivity index (χ3v) is 12.1. The molecule has 0 bridgehead atoms. The Morgan fingerprint density at radius 1 is 0.295 bits per heavy atom. The first-order chi connectivity index (χ1) is 30.1. The zero-order valence-corrected chi connectivity index (χ0v) is 33.9. The molecule has 0 aliphatic rings.